The molecule has 132 valence electrons. The normalized spacial score (nSPS) is 15.7. The van der Waals surface area contributed by atoms with Crippen molar-refractivity contribution in [3.05, 3.63) is 59.7 Å². The van der Waals surface area contributed by atoms with Gasteiger partial charge in [0.15, 0.2) is 0 Å². The van der Waals surface area contributed by atoms with Crippen LogP contribution in [0.25, 0.3) is 0 Å². The Morgan fingerprint density at radius 2 is 1.92 bits per heavy atom. The van der Waals surface area contributed by atoms with Gasteiger partial charge in [0.2, 0.25) is 5.91 Å². The van der Waals surface area contributed by atoms with Gasteiger partial charge in [-0.1, -0.05) is 30.3 Å². The van der Waals surface area contributed by atoms with E-state index in [1.165, 1.54) is 5.56 Å². The fourth-order valence-electron chi connectivity index (χ4n) is 3.26. The number of primary amides is 1. The highest BCUT2D eigenvalue weighted by atomic mass is 16.5. The number of benzene rings is 2. The first-order valence-electron chi connectivity index (χ1n) is 8.66. The number of methoxy groups -OCH3 is 1. The van der Waals surface area contributed by atoms with Crippen LogP contribution in [0.5, 0.6) is 5.75 Å². The van der Waals surface area contributed by atoms with Crippen molar-refractivity contribution >= 4 is 11.6 Å². The van der Waals surface area contributed by atoms with Crippen molar-refractivity contribution in [3.63, 3.8) is 0 Å². The predicted molar refractivity (Wildman–Crippen MR) is 99.9 cm³/mol. The lowest BCUT2D eigenvalue weighted by molar-refractivity contribution is 0.1000. The van der Waals surface area contributed by atoms with Gasteiger partial charge in [0.25, 0.3) is 0 Å². The van der Waals surface area contributed by atoms with Crippen LogP contribution in [0.3, 0.4) is 0 Å². The molecule has 3 N–H and O–H groups in total. The molecule has 0 spiro atoms. The van der Waals surface area contributed by atoms with Crippen LogP contribution in [0.1, 0.15) is 28.8 Å². The molecule has 1 heterocycles. The monoisotopic (exact) mass is 339 g/mol. The molecule has 2 aromatic carbocycles. The molecule has 5 heteroatoms. The highest BCUT2D eigenvalue weighted by Crippen LogP contribution is 2.28. The number of amides is 1. The Kier molecular flexibility index (Phi) is 5.56. The summed E-state index contributed by atoms with van der Waals surface area (Å²) in [6.07, 6.45) is 2.15. The molecular formula is C20H25N3O2. The average Bonchev–Trinajstić information content (AvgIpc) is 2.64. The molecule has 0 bridgehead atoms. The van der Waals surface area contributed by atoms with Gasteiger partial charge in [0.05, 0.1) is 12.8 Å². The fourth-order valence-corrected chi connectivity index (χ4v) is 3.26. The summed E-state index contributed by atoms with van der Waals surface area (Å²) in [4.78, 5) is 13.8. The zero-order chi connectivity index (χ0) is 17.6. The predicted octanol–water partition coefficient (Wildman–Crippen LogP) is 2.87. The number of rotatable bonds is 6. The zero-order valence-corrected chi connectivity index (χ0v) is 14.6. The first kappa shape index (κ1) is 17.3. The molecule has 0 saturated carbocycles. The minimum Gasteiger partial charge on any atom is -0.495 e. The summed E-state index contributed by atoms with van der Waals surface area (Å²) >= 11 is 0. The van der Waals surface area contributed by atoms with Gasteiger partial charge in [-0.05, 0) is 36.6 Å². The van der Waals surface area contributed by atoms with Gasteiger partial charge in [0.1, 0.15) is 5.75 Å². The summed E-state index contributed by atoms with van der Waals surface area (Å²) < 4.78 is 5.40. The zero-order valence-electron chi connectivity index (χ0n) is 14.6. The molecule has 25 heavy (non-hydrogen) atoms. The maximum Gasteiger partial charge on any atom is 0.248 e. The van der Waals surface area contributed by atoms with E-state index in [1.807, 2.05) is 6.07 Å². The summed E-state index contributed by atoms with van der Waals surface area (Å²) in [7, 11) is 1.60. The smallest absolute Gasteiger partial charge is 0.248 e. The quantitative estimate of drug-likeness (QED) is 0.849. The maximum atomic E-state index is 11.3. The number of piperidine rings is 1. The second-order valence-corrected chi connectivity index (χ2v) is 6.46. The topological polar surface area (TPSA) is 67.6 Å². The van der Waals surface area contributed by atoms with Crippen molar-refractivity contribution < 1.29 is 9.53 Å². The number of carbonyl (C=O) groups excluding carboxylic acids is 1. The van der Waals surface area contributed by atoms with Gasteiger partial charge in [0, 0.05) is 31.2 Å². The van der Waals surface area contributed by atoms with Crippen LogP contribution in [-0.2, 0) is 6.54 Å². The lowest BCUT2D eigenvalue weighted by Gasteiger charge is -2.33. The van der Waals surface area contributed by atoms with E-state index in [-0.39, 0.29) is 0 Å². The van der Waals surface area contributed by atoms with Gasteiger partial charge in [-0.15, -0.1) is 0 Å². The van der Waals surface area contributed by atoms with Crippen molar-refractivity contribution in [1.82, 2.24) is 4.90 Å². The lowest BCUT2D eigenvalue weighted by atomic mass is 10.0. The number of carbonyl (C=O) groups is 1. The molecule has 1 saturated heterocycles. The van der Waals surface area contributed by atoms with Gasteiger partial charge in [-0.3, -0.25) is 9.69 Å². The van der Waals surface area contributed by atoms with Gasteiger partial charge in [-0.2, -0.15) is 0 Å². The first-order chi connectivity index (χ1) is 12.2. The fraction of sp³-hybridized carbons (Fsp3) is 0.350. The van der Waals surface area contributed by atoms with E-state index in [2.05, 4.69) is 40.5 Å². The second-order valence-electron chi connectivity index (χ2n) is 6.46. The van der Waals surface area contributed by atoms with E-state index < -0.39 is 5.91 Å². The van der Waals surface area contributed by atoms with Gasteiger partial charge in [-0.25, -0.2) is 0 Å². The SMILES string of the molecule is COc1cc(C(N)=O)ccc1NC1CCN(Cc2ccccc2)CC1. The van der Waals surface area contributed by atoms with E-state index in [0.717, 1.165) is 38.2 Å². The highest BCUT2D eigenvalue weighted by molar-refractivity contribution is 5.93. The van der Waals surface area contributed by atoms with E-state index in [4.69, 9.17) is 10.5 Å². The van der Waals surface area contributed by atoms with Crippen LogP contribution in [0, 0.1) is 0 Å². The summed E-state index contributed by atoms with van der Waals surface area (Å²) in [6.45, 7) is 3.13. The number of hydrogen-bond acceptors (Lipinski definition) is 4. The Morgan fingerprint density at radius 1 is 1.20 bits per heavy atom. The molecule has 1 amide bonds. The molecule has 1 aliphatic rings. The van der Waals surface area contributed by atoms with Crippen LogP contribution < -0.4 is 15.8 Å². The molecule has 5 nitrogen and oxygen atoms in total. The van der Waals surface area contributed by atoms with E-state index in [9.17, 15) is 4.79 Å². The number of anilines is 1. The molecule has 0 aliphatic carbocycles. The number of hydrogen-bond donors (Lipinski definition) is 2. The first-order valence-corrected chi connectivity index (χ1v) is 8.66. The van der Waals surface area contributed by atoms with Crippen LogP contribution in [-0.4, -0.2) is 37.0 Å². The average molecular weight is 339 g/mol. The van der Waals surface area contributed by atoms with Crippen molar-refractivity contribution in [2.24, 2.45) is 5.73 Å². The molecule has 0 unspecified atom stereocenters. The molecule has 0 atom stereocenters. The van der Waals surface area contributed by atoms with Crippen molar-refractivity contribution in [3.8, 4) is 5.75 Å². The minimum atomic E-state index is -0.445. The third-order valence-electron chi connectivity index (χ3n) is 4.68. The van der Waals surface area contributed by atoms with Crippen molar-refractivity contribution in [2.45, 2.75) is 25.4 Å². The Labute approximate surface area is 148 Å². The Morgan fingerprint density at radius 3 is 2.56 bits per heavy atom. The molecule has 1 aliphatic heterocycles. The highest BCUT2D eigenvalue weighted by Gasteiger charge is 2.20. The van der Waals surface area contributed by atoms with Gasteiger partial charge < -0.3 is 15.8 Å². The lowest BCUT2D eigenvalue weighted by Crippen LogP contribution is -2.38. The molecular weight excluding hydrogens is 314 g/mol. The Bertz CT molecular complexity index is 710. The summed E-state index contributed by atoms with van der Waals surface area (Å²) in [5.74, 6) is 0.210. The van der Waals surface area contributed by atoms with Crippen LogP contribution in [0.4, 0.5) is 5.69 Å². The number of ether oxygens (including phenoxy) is 1. The third kappa shape index (κ3) is 4.51. The number of nitrogens with two attached hydrogens (primary N) is 1. The van der Waals surface area contributed by atoms with E-state index >= 15 is 0 Å². The van der Waals surface area contributed by atoms with Crippen molar-refractivity contribution in [1.29, 1.82) is 0 Å². The maximum absolute atomic E-state index is 11.3. The van der Waals surface area contributed by atoms with Gasteiger partial charge >= 0.3 is 0 Å². The molecule has 0 radical (unpaired) electrons. The van der Waals surface area contributed by atoms with Crippen LogP contribution in [0.2, 0.25) is 0 Å². The van der Waals surface area contributed by atoms with Crippen LogP contribution in [0.15, 0.2) is 48.5 Å². The van der Waals surface area contributed by atoms with E-state index in [1.54, 1.807) is 19.2 Å². The summed E-state index contributed by atoms with van der Waals surface area (Å²) in [5, 5.41) is 3.55. The third-order valence-corrected chi connectivity index (χ3v) is 4.68. The number of nitrogens with one attached hydrogen (secondary N) is 1. The van der Waals surface area contributed by atoms with Crippen molar-refractivity contribution in [2.75, 3.05) is 25.5 Å². The van der Waals surface area contributed by atoms with E-state index in [0.29, 0.717) is 17.4 Å². The summed E-state index contributed by atoms with van der Waals surface area (Å²) in [6, 6.07) is 16.3. The molecule has 1 fully saturated rings. The van der Waals surface area contributed by atoms with Crippen LogP contribution >= 0.6 is 0 Å². The second kappa shape index (κ2) is 8.03. The molecule has 0 aromatic heterocycles. The number of nitrogens with zero attached hydrogens (tertiary/aromatic N) is 1. The largest absolute Gasteiger partial charge is 0.495 e. The number of likely N-dealkylation sites (tertiary alicyclic amines) is 1. The minimum absolute atomic E-state index is 0.403. The molecule has 3 rings (SSSR count). The Balaban J connectivity index is 1.56. The summed E-state index contributed by atoms with van der Waals surface area (Å²) in [5.41, 5.74) is 8.06. The molecule has 2 aromatic rings. The Hall–Kier alpha value is -2.53. The standard InChI is InChI=1S/C20H25N3O2/c1-25-19-13-16(20(21)24)7-8-18(19)22-17-9-11-23(12-10-17)14-15-5-3-2-4-6-15/h2-8,13,17,22H,9-12,14H2,1H3,(H2,21,24).